The molecule has 0 aromatic rings. The van der Waals surface area contributed by atoms with E-state index in [4.69, 9.17) is 11.2 Å². The van der Waals surface area contributed by atoms with Gasteiger partial charge in [0.25, 0.3) is 0 Å². The van der Waals surface area contributed by atoms with E-state index in [1.165, 1.54) is 0 Å². The Morgan fingerprint density at radius 2 is 2.00 bits per heavy atom. The van der Waals surface area contributed by atoms with Gasteiger partial charge in [-0.2, -0.15) is 0 Å². The topological polar surface area (TPSA) is 9.23 Å². The van der Waals surface area contributed by atoms with Crippen LogP contribution >= 0.6 is 0 Å². The molecule has 0 saturated heterocycles. The number of unbranched alkanes of at least 4 members (excludes halogenated alkanes) is 3. The van der Waals surface area contributed by atoms with Crippen LogP contribution < -0.4 is 0 Å². The Bertz CT molecular complexity index is 102. The highest BCUT2D eigenvalue weighted by Crippen LogP contribution is 1.98. The van der Waals surface area contributed by atoms with Crippen molar-refractivity contribution in [1.82, 2.24) is 0 Å². The summed E-state index contributed by atoms with van der Waals surface area (Å²) in [6.45, 7) is 3.88. The molecule has 0 spiro atoms. The Labute approximate surface area is 70.1 Å². The Morgan fingerprint density at radius 1 is 1.18 bits per heavy atom. The van der Waals surface area contributed by atoms with Gasteiger partial charge in [-0.1, -0.05) is 19.3 Å². The summed E-state index contributed by atoms with van der Waals surface area (Å²) in [6.07, 6.45) is 11.9. The predicted octanol–water partition coefficient (Wildman–Crippen LogP) is 2.56. The number of hydrogen-bond donors (Lipinski definition) is 0. The van der Waals surface area contributed by atoms with Crippen molar-refractivity contribution in [3.05, 3.63) is 6.42 Å². The highest BCUT2D eigenvalue weighted by molar-refractivity contribution is 4.74. The minimum atomic E-state index is 0.799. The molecule has 0 aromatic carbocycles. The van der Waals surface area contributed by atoms with Crippen molar-refractivity contribution in [3.8, 4) is 5.92 Å². The molecular formula is C10H17O. The van der Waals surface area contributed by atoms with Gasteiger partial charge in [0, 0.05) is 19.6 Å². The second-order valence-electron chi connectivity index (χ2n) is 2.60. The molecule has 11 heavy (non-hydrogen) atoms. The van der Waals surface area contributed by atoms with Crippen LogP contribution in [0, 0.1) is 12.3 Å². The van der Waals surface area contributed by atoms with Gasteiger partial charge in [0.2, 0.25) is 0 Å². The van der Waals surface area contributed by atoms with Crippen molar-refractivity contribution in [3.63, 3.8) is 0 Å². The van der Waals surface area contributed by atoms with Crippen LogP contribution in [0.4, 0.5) is 0 Å². The van der Waals surface area contributed by atoms with Crippen LogP contribution in [-0.4, -0.2) is 13.2 Å². The Morgan fingerprint density at radius 3 is 2.64 bits per heavy atom. The Kier molecular flexibility index (Phi) is 9.10. The average molecular weight is 153 g/mol. The molecule has 1 radical (unpaired) electrons. The molecule has 1 heteroatoms. The summed E-state index contributed by atoms with van der Waals surface area (Å²) in [6, 6.07) is 0. The molecule has 0 N–H and O–H groups in total. The van der Waals surface area contributed by atoms with Crippen LogP contribution in [0.25, 0.3) is 0 Å². The van der Waals surface area contributed by atoms with Crippen molar-refractivity contribution in [2.75, 3.05) is 13.2 Å². The molecule has 0 saturated carbocycles. The van der Waals surface area contributed by atoms with Gasteiger partial charge in [-0.05, 0) is 25.7 Å². The molecule has 0 unspecified atom stereocenters. The first-order chi connectivity index (χ1) is 5.41. The molecule has 0 aliphatic heterocycles. The average Bonchev–Trinajstić information content (AvgIpc) is 2.03. The minimum absolute atomic E-state index is 0.799. The molecule has 0 aromatic heterocycles. The molecule has 0 rings (SSSR count). The molecule has 0 heterocycles. The Balaban J connectivity index is 2.75. The third-order valence-electron chi connectivity index (χ3n) is 1.44. The van der Waals surface area contributed by atoms with Gasteiger partial charge in [-0.25, -0.2) is 0 Å². The normalized spacial score (nSPS) is 9.45. The van der Waals surface area contributed by atoms with E-state index >= 15 is 0 Å². The lowest BCUT2D eigenvalue weighted by atomic mass is 10.2. The van der Waals surface area contributed by atoms with Crippen molar-refractivity contribution in [1.29, 1.82) is 0 Å². The molecule has 0 aliphatic rings. The zero-order chi connectivity index (χ0) is 8.36. The van der Waals surface area contributed by atoms with Crippen LogP contribution in [0.3, 0.4) is 0 Å². The maximum Gasteiger partial charge on any atom is 0.0466 e. The van der Waals surface area contributed by atoms with Gasteiger partial charge in [-0.3, -0.25) is 0 Å². The highest BCUT2D eigenvalue weighted by atomic mass is 16.5. The molecule has 0 aliphatic carbocycles. The highest BCUT2D eigenvalue weighted by Gasteiger charge is 1.87. The van der Waals surface area contributed by atoms with Gasteiger partial charge in [-0.15, -0.1) is 0 Å². The van der Waals surface area contributed by atoms with Gasteiger partial charge in [0.05, 0.1) is 0 Å². The number of ether oxygens (including phenoxy) is 1. The standard InChI is InChI=1S/C10H17O/c1-3-5-6-7-8-10-11-9-4-2/h4-10H2,2H3. The smallest absolute Gasteiger partial charge is 0.0466 e. The third-order valence-corrected chi connectivity index (χ3v) is 1.44. The molecule has 0 amide bonds. The lowest BCUT2D eigenvalue weighted by Gasteiger charge is -2.00. The van der Waals surface area contributed by atoms with Crippen molar-refractivity contribution in [2.24, 2.45) is 0 Å². The van der Waals surface area contributed by atoms with Crippen molar-refractivity contribution < 1.29 is 4.74 Å². The lowest BCUT2D eigenvalue weighted by molar-refractivity contribution is 0.130. The van der Waals surface area contributed by atoms with Crippen molar-refractivity contribution in [2.45, 2.75) is 39.0 Å². The second kappa shape index (κ2) is 9.52. The fourth-order valence-corrected chi connectivity index (χ4v) is 0.841. The molecule has 1 nitrogen and oxygen atoms in total. The first-order valence-electron chi connectivity index (χ1n) is 4.39. The van der Waals surface area contributed by atoms with Gasteiger partial charge >= 0.3 is 0 Å². The molecule has 0 bridgehead atoms. The SMILES string of the molecule is [C]#CCCCCCOCCC. The fraction of sp³-hybridized carbons (Fsp3) is 0.800. The zero-order valence-electron chi connectivity index (χ0n) is 7.36. The molecule has 0 fully saturated rings. The zero-order valence-corrected chi connectivity index (χ0v) is 7.36. The fourth-order valence-electron chi connectivity index (χ4n) is 0.841. The van der Waals surface area contributed by atoms with Gasteiger partial charge < -0.3 is 4.74 Å². The van der Waals surface area contributed by atoms with Crippen LogP contribution in [-0.2, 0) is 4.74 Å². The van der Waals surface area contributed by atoms with E-state index in [1.807, 2.05) is 0 Å². The third kappa shape index (κ3) is 9.52. The van der Waals surface area contributed by atoms with Gasteiger partial charge in [0.1, 0.15) is 0 Å². The summed E-state index contributed by atoms with van der Waals surface area (Å²) >= 11 is 0. The van der Waals surface area contributed by atoms with Crippen LogP contribution in [0.1, 0.15) is 39.0 Å². The van der Waals surface area contributed by atoms with E-state index in [2.05, 4.69) is 12.8 Å². The quantitative estimate of drug-likeness (QED) is 0.403. The maximum absolute atomic E-state index is 6.67. The molecule has 0 atom stereocenters. The number of rotatable bonds is 7. The van der Waals surface area contributed by atoms with E-state index in [-0.39, 0.29) is 0 Å². The summed E-state index contributed by atoms with van der Waals surface area (Å²) in [5.74, 6) is 2.38. The lowest BCUT2D eigenvalue weighted by Crippen LogP contribution is -1.95. The summed E-state index contributed by atoms with van der Waals surface area (Å²) in [5, 5.41) is 0. The summed E-state index contributed by atoms with van der Waals surface area (Å²) in [7, 11) is 0. The minimum Gasteiger partial charge on any atom is -0.381 e. The predicted molar refractivity (Wildman–Crippen MR) is 46.7 cm³/mol. The molecular weight excluding hydrogens is 136 g/mol. The van der Waals surface area contributed by atoms with E-state index in [0.717, 1.165) is 45.3 Å². The number of hydrogen-bond acceptors (Lipinski definition) is 1. The van der Waals surface area contributed by atoms with Gasteiger partial charge in [0.15, 0.2) is 0 Å². The Hall–Kier alpha value is -0.480. The van der Waals surface area contributed by atoms with E-state index < -0.39 is 0 Å². The largest absolute Gasteiger partial charge is 0.381 e. The molecule has 63 valence electrons. The van der Waals surface area contributed by atoms with E-state index in [1.54, 1.807) is 0 Å². The van der Waals surface area contributed by atoms with Crippen LogP contribution in [0.2, 0.25) is 0 Å². The first kappa shape index (κ1) is 10.5. The van der Waals surface area contributed by atoms with E-state index in [9.17, 15) is 0 Å². The second-order valence-corrected chi connectivity index (χ2v) is 2.60. The summed E-state index contributed by atoms with van der Waals surface area (Å²) in [4.78, 5) is 0. The summed E-state index contributed by atoms with van der Waals surface area (Å²) < 4.78 is 5.30. The maximum atomic E-state index is 6.67. The monoisotopic (exact) mass is 153 g/mol. The van der Waals surface area contributed by atoms with E-state index in [0.29, 0.717) is 0 Å². The van der Waals surface area contributed by atoms with Crippen molar-refractivity contribution >= 4 is 0 Å². The summed E-state index contributed by atoms with van der Waals surface area (Å²) in [5.41, 5.74) is 0. The first-order valence-corrected chi connectivity index (χ1v) is 4.39. The van der Waals surface area contributed by atoms with Crippen LogP contribution in [0.15, 0.2) is 0 Å². The van der Waals surface area contributed by atoms with Crippen LogP contribution in [0.5, 0.6) is 0 Å².